The molecule has 0 spiro atoms. The predicted molar refractivity (Wildman–Crippen MR) is 117 cm³/mol. The standard InChI is InChI=1S/C22H22N2O5S/c1-15(22(25)23-19-9-5-7-16-6-3-4-8-18(16)19)24(30(2,26)27)17-10-11-20-21(14-17)29-13-12-28-20/h3-11,14-15H,12-13H2,1-2H3,(H,23,25)/t15-/m1/s1. The maximum atomic E-state index is 13.0. The highest BCUT2D eigenvalue weighted by molar-refractivity contribution is 7.92. The summed E-state index contributed by atoms with van der Waals surface area (Å²) in [6.07, 6.45) is 1.07. The summed E-state index contributed by atoms with van der Waals surface area (Å²) in [5.74, 6) is 0.562. The lowest BCUT2D eigenvalue weighted by Crippen LogP contribution is -2.45. The summed E-state index contributed by atoms with van der Waals surface area (Å²) >= 11 is 0. The minimum absolute atomic E-state index is 0.335. The van der Waals surface area contributed by atoms with Crippen LogP contribution in [0.4, 0.5) is 11.4 Å². The van der Waals surface area contributed by atoms with Gasteiger partial charge < -0.3 is 14.8 Å². The Morgan fingerprint density at radius 3 is 2.47 bits per heavy atom. The molecule has 7 nitrogen and oxygen atoms in total. The molecule has 1 N–H and O–H groups in total. The molecular formula is C22H22N2O5S. The van der Waals surface area contributed by atoms with Gasteiger partial charge in [0.2, 0.25) is 15.9 Å². The monoisotopic (exact) mass is 426 g/mol. The first-order valence-electron chi connectivity index (χ1n) is 9.52. The van der Waals surface area contributed by atoms with E-state index in [1.807, 2.05) is 36.4 Å². The summed E-state index contributed by atoms with van der Waals surface area (Å²) in [7, 11) is -3.75. The largest absolute Gasteiger partial charge is 0.486 e. The Morgan fingerprint density at radius 1 is 1.00 bits per heavy atom. The molecule has 8 heteroatoms. The fraction of sp³-hybridized carbons (Fsp3) is 0.227. The van der Waals surface area contributed by atoms with Crippen molar-refractivity contribution in [1.82, 2.24) is 0 Å². The highest BCUT2D eigenvalue weighted by atomic mass is 32.2. The second-order valence-corrected chi connectivity index (χ2v) is 8.94. The smallest absolute Gasteiger partial charge is 0.248 e. The number of sulfonamides is 1. The molecule has 3 aromatic rings. The van der Waals surface area contributed by atoms with Gasteiger partial charge in [-0.25, -0.2) is 8.42 Å². The van der Waals surface area contributed by atoms with Crippen LogP contribution in [0.1, 0.15) is 6.92 Å². The molecule has 30 heavy (non-hydrogen) atoms. The van der Waals surface area contributed by atoms with E-state index in [-0.39, 0.29) is 0 Å². The quantitative estimate of drug-likeness (QED) is 0.676. The number of hydrogen-bond donors (Lipinski definition) is 1. The molecule has 1 aliphatic rings. The van der Waals surface area contributed by atoms with Gasteiger partial charge in [-0.05, 0) is 30.5 Å². The second-order valence-electron chi connectivity index (χ2n) is 7.08. The van der Waals surface area contributed by atoms with Crippen molar-refractivity contribution in [1.29, 1.82) is 0 Å². The van der Waals surface area contributed by atoms with Gasteiger partial charge in [0.1, 0.15) is 19.3 Å². The Hall–Kier alpha value is -3.26. The van der Waals surface area contributed by atoms with Crippen LogP contribution in [0.25, 0.3) is 10.8 Å². The fourth-order valence-electron chi connectivity index (χ4n) is 3.55. The number of carbonyl (C=O) groups is 1. The average molecular weight is 426 g/mol. The molecule has 156 valence electrons. The number of carbonyl (C=O) groups excluding carboxylic acids is 1. The number of fused-ring (bicyclic) bond motifs is 2. The maximum absolute atomic E-state index is 13.0. The highest BCUT2D eigenvalue weighted by Gasteiger charge is 2.30. The van der Waals surface area contributed by atoms with E-state index in [1.165, 1.54) is 0 Å². The lowest BCUT2D eigenvalue weighted by atomic mass is 10.1. The van der Waals surface area contributed by atoms with Crippen molar-refractivity contribution in [3.05, 3.63) is 60.7 Å². The van der Waals surface area contributed by atoms with Crippen molar-refractivity contribution in [3.63, 3.8) is 0 Å². The highest BCUT2D eigenvalue weighted by Crippen LogP contribution is 2.35. The van der Waals surface area contributed by atoms with E-state index in [9.17, 15) is 13.2 Å². The molecule has 0 radical (unpaired) electrons. The molecule has 0 saturated carbocycles. The Bertz CT molecular complexity index is 1200. The van der Waals surface area contributed by atoms with Crippen LogP contribution in [-0.2, 0) is 14.8 Å². The molecule has 1 atom stereocenters. The molecule has 3 aromatic carbocycles. The van der Waals surface area contributed by atoms with Crippen molar-refractivity contribution >= 4 is 38.1 Å². The third-order valence-corrected chi connectivity index (χ3v) is 6.16. The number of ether oxygens (including phenoxy) is 2. The van der Waals surface area contributed by atoms with E-state index in [0.717, 1.165) is 21.3 Å². The van der Waals surface area contributed by atoms with Gasteiger partial charge in [0.15, 0.2) is 11.5 Å². The van der Waals surface area contributed by atoms with Crippen molar-refractivity contribution in [3.8, 4) is 11.5 Å². The Morgan fingerprint density at radius 2 is 1.70 bits per heavy atom. The van der Waals surface area contributed by atoms with Gasteiger partial charge >= 0.3 is 0 Å². The minimum Gasteiger partial charge on any atom is -0.486 e. The summed E-state index contributed by atoms with van der Waals surface area (Å²) in [6, 6.07) is 17.1. The summed E-state index contributed by atoms with van der Waals surface area (Å²) in [6.45, 7) is 2.37. The van der Waals surface area contributed by atoms with Crippen LogP contribution < -0.4 is 19.1 Å². The molecule has 0 bridgehead atoms. The summed E-state index contributed by atoms with van der Waals surface area (Å²) in [5, 5.41) is 4.73. The van der Waals surface area contributed by atoms with Gasteiger partial charge in [-0.2, -0.15) is 0 Å². The molecule has 1 heterocycles. The van der Waals surface area contributed by atoms with Crippen LogP contribution >= 0.6 is 0 Å². The van der Waals surface area contributed by atoms with Crippen LogP contribution in [-0.4, -0.2) is 39.8 Å². The maximum Gasteiger partial charge on any atom is 0.248 e. The SMILES string of the molecule is C[C@H](C(=O)Nc1cccc2ccccc12)N(c1ccc2c(c1)OCCO2)S(C)(=O)=O. The van der Waals surface area contributed by atoms with Gasteiger partial charge in [-0.15, -0.1) is 0 Å². The van der Waals surface area contributed by atoms with Gasteiger partial charge in [0, 0.05) is 17.1 Å². The van der Waals surface area contributed by atoms with Gasteiger partial charge in [0.25, 0.3) is 0 Å². The molecule has 1 amide bonds. The van der Waals surface area contributed by atoms with Crippen molar-refractivity contribution in [2.24, 2.45) is 0 Å². The molecule has 0 aromatic heterocycles. The lowest BCUT2D eigenvalue weighted by Gasteiger charge is -2.29. The number of anilines is 2. The van der Waals surface area contributed by atoms with Crippen LogP contribution in [0.3, 0.4) is 0 Å². The summed E-state index contributed by atoms with van der Waals surface area (Å²) < 4.78 is 37.3. The molecule has 1 aliphatic heterocycles. The van der Waals surface area contributed by atoms with E-state index in [2.05, 4.69) is 5.32 Å². The fourth-order valence-corrected chi connectivity index (χ4v) is 4.72. The number of nitrogens with zero attached hydrogens (tertiary/aromatic N) is 1. The van der Waals surface area contributed by atoms with Gasteiger partial charge in [-0.1, -0.05) is 36.4 Å². The zero-order valence-corrected chi connectivity index (χ0v) is 17.5. The number of hydrogen-bond acceptors (Lipinski definition) is 5. The topological polar surface area (TPSA) is 84.9 Å². The van der Waals surface area contributed by atoms with Gasteiger partial charge in [-0.3, -0.25) is 9.10 Å². The zero-order valence-electron chi connectivity index (χ0n) is 16.7. The molecular weight excluding hydrogens is 404 g/mol. The Kier molecular flexibility index (Phi) is 5.26. The Balaban J connectivity index is 1.65. The molecule has 4 rings (SSSR count). The van der Waals surface area contributed by atoms with Crippen LogP contribution in [0.5, 0.6) is 11.5 Å². The predicted octanol–water partition coefficient (Wildman–Crippen LogP) is 3.40. The van der Waals surface area contributed by atoms with E-state index >= 15 is 0 Å². The third-order valence-electron chi connectivity index (χ3n) is 4.92. The summed E-state index contributed by atoms with van der Waals surface area (Å²) in [5.41, 5.74) is 0.961. The van der Waals surface area contributed by atoms with E-state index < -0.39 is 22.0 Å². The van der Waals surface area contributed by atoms with E-state index in [0.29, 0.717) is 36.1 Å². The molecule has 0 fully saturated rings. The molecule has 0 aliphatic carbocycles. The number of rotatable bonds is 5. The molecule has 0 saturated heterocycles. The zero-order chi connectivity index (χ0) is 21.3. The van der Waals surface area contributed by atoms with Gasteiger partial charge in [0.05, 0.1) is 11.9 Å². The Labute approximate surface area is 175 Å². The first-order chi connectivity index (χ1) is 14.3. The number of benzene rings is 3. The summed E-state index contributed by atoms with van der Waals surface area (Å²) in [4.78, 5) is 13.0. The number of amides is 1. The number of nitrogens with one attached hydrogen (secondary N) is 1. The van der Waals surface area contributed by atoms with Crippen molar-refractivity contribution in [2.45, 2.75) is 13.0 Å². The molecule has 0 unspecified atom stereocenters. The first kappa shape index (κ1) is 20.0. The average Bonchev–Trinajstić information content (AvgIpc) is 2.73. The van der Waals surface area contributed by atoms with Crippen LogP contribution in [0, 0.1) is 0 Å². The van der Waals surface area contributed by atoms with Crippen molar-refractivity contribution < 1.29 is 22.7 Å². The van der Waals surface area contributed by atoms with Crippen LogP contribution in [0.15, 0.2) is 60.7 Å². The first-order valence-corrected chi connectivity index (χ1v) is 11.4. The van der Waals surface area contributed by atoms with Crippen LogP contribution in [0.2, 0.25) is 0 Å². The minimum atomic E-state index is -3.75. The van der Waals surface area contributed by atoms with E-state index in [1.54, 1.807) is 31.2 Å². The third kappa shape index (κ3) is 3.91. The van der Waals surface area contributed by atoms with Crippen molar-refractivity contribution in [2.75, 3.05) is 29.1 Å². The lowest BCUT2D eigenvalue weighted by molar-refractivity contribution is -0.116. The normalized spacial score (nSPS) is 14.2. The second kappa shape index (κ2) is 7.87. The van der Waals surface area contributed by atoms with E-state index in [4.69, 9.17) is 9.47 Å².